The molecule has 1 aliphatic heterocycles. The average Bonchev–Trinajstić information content (AvgIpc) is 3.29. The summed E-state index contributed by atoms with van der Waals surface area (Å²) in [5.41, 5.74) is 4.52. The van der Waals surface area contributed by atoms with Gasteiger partial charge in [0.25, 0.3) is 0 Å². The third-order valence-corrected chi connectivity index (χ3v) is 8.07. The second kappa shape index (κ2) is 14.2. The molecule has 0 aromatic heterocycles. The lowest BCUT2D eigenvalue weighted by molar-refractivity contribution is -0.147. The first-order chi connectivity index (χ1) is 19.9. The highest BCUT2D eigenvalue weighted by Gasteiger charge is 2.46. The van der Waals surface area contributed by atoms with Crippen molar-refractivity contribution in [3.63, 3.8) is 0 Å². The Morgan fingerprint density at radius 3 is 2.07 bits per heavy atom. The maximum atomic E-state index is 13.0. The molecule has 1 saturated heterocycles. The van der Waals surface area contributed by atoms with E-state index in [1.165, 1.54) is 11.8 Å². The Hall–Kier alpha value is -4.49. The molecule has 9 nitrogen and oxygen atoms in total. The highest BCUT2D eigenvalue weighted by molar-refractivity contribution is 8.01. The van der Waals surface area contributed by atoms with E-state index in [1.807, 2.05) is 91.9 Å². The van der Waals surface area contributed by atoms with Crippen molar-refractivity contribution < 1.29 is 19.1 Å². The number of amides is 3. The molecule has 3 unspecified atom stereocenters. The summed E-state index contributed by atoms with van der Waals surface area (Å²) in [4.78, 5) is 39.0. The van der Waals surface area contributed by atoms with Crippen LogP contribution in [0.2, 0.25) is 0 Å². The Morgan fingerprint density at radius 1 is 0.927 bits per heavy atom. The number of benzene rings is 3. The summed E-state index contributed by atoms with van der Waals surface area (Å²) < 4.78 is 5.05. The molecule has 0 bridgehead atoms. The fraction of sp³-hybridized carbons (Fsp3) is 0.290. The average molecular weight is 572 g/mol. The topological polar surface area (TPSA) is 124 Å². The highest BCUT2D eigenvalue weighted by atomic mass is 32.2. The summed E-state index contributed by atoms with van der Waals surface area (Å²) >= 11 is 1.33. The maximum absolute atomic E-state index is 13.0. The number of para-hydroxylation sites is 1. The largest absolute Gasteiger partial charge is 0.465 e. The fourth-order valence-corrected chi connectivity index (χ4v) is 6.01. The van der Waals surface area contributed by atoms with Crippen molar-refractivity contribution in [1.29, 1.82) is 5.26 Å². The number of urea groups is 1. The predicted molar refractivity (Wildman–Crippen MR) is 162 cm³/mol. The monoisotopic (exact) mass is 571 g/mol. The van der Waals surface area contributed by atoms with E-state index in [4.69, 9.17) is 4.74 Å². The van der Waals surface area contributed by atoms with E-state index in [9.17, 15) is 19.6 Å². The SMILES string of the molecule is CCOC(=O)C(C#N)C1SC(CNc2ccc(Cc3ccc(NC(=O)Nc4ccccc4)cc3)cc2)C(=O)N1CC. The number of nitriles is 1. The second-order valence-corrected chi connectivity index (χ2v) is 10.7. The molecule has 3 N–H and O–H groups in total. The first-order valence-corrected chi connectivity index (χ1v) is 14.4. The van der Waals surface area contributed by atoms with E-state index in [2.05, 4.69) is 16.0 Å². The van der Waals surface area contributed by atoms with Crippen LogP contribution < -0.4 is 16.0 Å². The van der Waals surface area contributed by atoms with Crippen LogP contribution in [-0.4, -0.2) is 53.1 Å². The molecule has 3 aromatic carbocycles. The molecular formula is C31H33N5O4S. The van der Waals surface area contributed by atoms with Crippen molar-refractivity contribution in [3.8, 4) is 6.07 Å². The number of hydrogen-bond donors (Lipinski definition) is 3. The van der Waals surface area contributed by atoms with Gasteiger partial charge >= 0.3 is 12.0 Å². The molecule has 1 fully saturated rings. The summed E-state index contributed by atoms with van der Waals surface area (Å²) in [6.45, 7) is 4.51. The number of hydrogen-bond acceptors (Lipinski definition) is 7. The van der Waals surface area contributed by atoms with Gasteiger partial charge in [-0.25, -0.2) is 4.79 Å². The van der Waals surface area contributed by atoms with E-state index < -0.39 is 22.5 Å². The Morgan fingerprint density at radius 2 is 1.51 bits per heavy atom. The summed E-state index contributed by atoms with van der Waals surface area (Å²) in [6.07, 6.45) is 0.726. The van der Waals surface area contributed by atoms with Crippen molar-refractivity contribution in [2.24, 2.45) is 5.92 Å². The molecule has 212 valence electrons. The predicted octanol–water partition coefficient (Wildman–Crippen LogP) is 5.33. The summed E-state index contributed by atoms with van der Waals surface area (Å²) in [7, 11) is 0. The maximum Gasteiger partial charge on any atom is 0.326 e. The quantitative estimate of drug-likeness (QED) is 0.266. The zero-order chi connectivity index (χ0) is 29.2. The van der Waals surface area contributed by atoms with Crippen LogP contribution in [0.15, 0.2) is 78.9 Å². The Balaban J connectivity index is 1.28. The lowest BCUT2D eigenvalue weighted by Crippen LogP contribution is -2.41. The van der Waals surface area contributed by atoms with Crippen molar-refractivity contribution in [3.05, 3.63) is 90.0 Å². The molecular weight excluding hydrogens is 538 g/mol. The lowest BCUT2D eigenvalue weighted by atomic mass is 10.0. The molecule has 0 radical (unpaired) electrons. The van der Waals surface area contributed by atoms with Crippen LogP contribution in [0.3, 0.4) is 0 Å². The van der Waals surface area contributed by atoms with Gasteiger partial charge in [-0.05, 0) is 67.8 Å². The molecule has 3 aromatic rings. The van der Waals surface area contributed by atoms with Crippen LogP contribution in [0.4, 0.5) is 21.9 Å². The zero-order valence-electron chi connectivity index (χ0n) is 23.0. The number of carbonyl (C=O) groups excluding carboxylic acids is 3. The van der Waals surface area contributed by atoms with E-state index in [0.29, 0.717) is 18.8 Å². The number of nitrogens with one attached hydrogen (secondary N) is 3. The Bertz CT molecular complexity index is 1380. The standard InChI is InChI=1S/C31H33N5O4S/c1-3-36-28(37)27(41-29(36)26(19-32)30(38)40-4-2)20-33-23-14-10-21(11-15-23)18-22-12-16-25(17-13-22)35-31(39)34-24-8-6-5-7-9-24/h5-17,26-27,29,33H,3-4,18,20H2,1-2H3,(H2,34,35,39). The number of rotatable bonds is 11. The fourth-order valence-electron chi connectivity index (χ4n) is 4.51. The van der Waals surface area contributed by atoms with Gasteiger partial charge in [0.15, 0.2) is 5.92 Å². The molecule has 3 atom stereocenters. The molecule has 41 heavy (non-hydrogen) atoms. The van der Waals surface area contributed by atoms with Gasteiger partial charge in [0.05, 0.1) is 12.7 Å². The first kappa shape index (κ1) is 29.5. The Kier molecular flexibility index (Phi) is 10.2. The van der Waals surface area contributed by atoms with Gasteiger partial charge in [0, 0.05) is 30.2 Å². The minimum absolute atomic E-state index is 0.0911. The number of thioether (sulfide) groups is 1. The number of esters is 1. The van der Waals surface area contributed by atoms with E-state index in [1.54, 1.807) is 11.8 Å². The third kappa shape index (κ3) is 7.80. The van der Waals surface area contributed by atoms with E-state index >= 15 is 0 Å². The van der Waals surface area contributed by atoms with Crippen molar-refractivity contribution in [1.82, 2.24) is 4.90 Å². The number of ether oxygens (including phenoxy) is 1. The Labute approximate surface area is 244 Å². The summed E-state index contributed by atoms with van der Waals surface area (Å²) in [6, 6.07) is 26.7. The van der Waals surface area contributed by atoms with Gasteiger partial charge in [-0.2, -0.15) is 5.26 Å². The van der Waals surface area contributed by atoms with Crippen molar-refractivity contribution in [2.45, 2.75) is 30.9 Å². The van der Waals surface area contributed by atoms with Crippen LogP contribution in [0.5, 0.6) is 0 Å². The van der Waals surface area contributed by atoms with Gasteiger partial charge in [0.2, 0.25) is 5.91 Å². The highest BCUT2D eigenvalue weighted by Crippen LogP contribution is 2.36. The zero-order valence-corrected chi connectivity index (χ0v) is 23.8. The minimum Gasteiger partial charge on any atom is -0.465 e. The molecule has 0 saturated carbocycles. The number of anilines is 3. The van der Waals surface area contributed by atoms with E-state index in [-0.39, 0.29) is 18.5 Å². The molecule has 1 aliphatic rings. The van der Waals surface area contributed by atoms with Crippen LogP contribution >= 0.6 is 11.8 Å². The van der Waals surface area contributed by atoms with Gasteiger partial charge in [0.1, 0.15) is 10.6 Å². The van der Waals surface area contributed by atoms with Gasteiger partial charge in [-0.3, -0.25) is 9.59 Å². The van der Waals surface area contributed by atoms with Crippen LogP contribution in [0, 0.1) is 17.2 Å². The van der Waals surface area contributed by atoms with Crippen LogP contribution in [0.25, 0.3) is 0 Å². The molecule has 1 heterocycles. The smallest absolute Gasteiger partial charge is 0.326 e. The summed E-state index contributed by atoms with van der Waals surface area (Å²) in [5, 5.41) is 17.5. The normalized spacial score (nSPS) is 16.9. The van der Waals surface area contributed by atoms with Crippen molar-refractivity contribution >= 4 is 46.7 Å². The number of nitrogens with zero attached hydrogens (tertiary/aromatic N) is 2. The third-order valence-electron chi connectivity index (χ3n) is 6.57. The minimum atomic E-state index is -1.02. The van der Waals surface area contributed by atoms with E-state index in [0.717, 1.165) is 28.9 Å². The molecule has 3 amide bonds. The van der Waals surface area contributed by atoms with Crippen molar-refractivity contribution in [2.75, 3.05) is 35.6 Å². The molecule has 10 heteroatoms. The van der Waals surface area contributed by atoms with Gasteiger partial charge in [-0.1, -0.05) is 42.5 Å². The molecule has 0 aliphatic carbocycles. The number of carbonyl (C=O) groups is 3. The molecule has 0 spiro atoms. The lowest BCUT2D eigenvalue weighted by Gasteiger charge is -2.24. The summed E-state index contributed by atoms with van der Waals surface area (Å²) in [5.74, 6) is -1.71. The second-order valence-electron chi connectivity index (χ2n) is 9.40. The first-order valence-electron chi connectivity index (χ1n) is 13.5. The molecule has 4 rings (SSSR count). The van der Waals surface area contributed by atoms with Gasteiger partial charge in [-0.15, -0.1) is 11.8 Å². The van der Waals surface area contributed by atoms with Gasteiger partial charge < -0.3 is 25.6 Å². The van der Waals surface area contributed by atoms with Crippen LogP contribution in [-0.2, 0) is 20.7 Å². The van der Waals surface area contributed by atoms with Crippen LogP contribution in [0.1, 0.15) is 25.0 Å².